The van der Waals surface area contributed by atoms with Gasteiger partial charge in [0, 0.05) is 4.48 Å². The van der Waals surface area contributed by atoms with E-state index >= 15 is 0 Å². The Balaban J connectivity index is 2.82. The minimum Gasteiger partial charge on any atom is -0.0804 e. The van der Waals surface area contributed by atoms with Gasteiger partial charge in [-0.25, -0.2) is 0 Å². The second kappa shape index (κ2) is 3.02. The zero-order valence-electron chi connectivity index (χ0n) is 5.39. The Morgan fingerprint density at radius 1 is 1.56 bits per heavy atom. The molecule has 0 bridgehead atoms. The summed E-state index contributed by atoms with van der Waals surface area (Å²) in [5, 5.41) is 0. The highest BCUT2D eigenvalue weighted by molar-refractivity contribution is 9.11. The van der Waals surface area contributed by atoms with Gasteiger partial charge in [0.1, 0.15) is 0 Å². The lowest BCUT2D eigenvalue weighted by atomic mass is 10.3. The fraction of sp³-hybridized carbons (Fsp3) is 0.250. The van der Waals surface area contributed by atoms with E-state index in [-0.39, 0.29) is 0 Å². The summed E-state index contributed by atoms with van der Waals surface area (Å²) in [6, 6.07) is 0. The monoisotopic (exact) mass is 184 g/mol. The minimum absolute atomic E-state index is 1.04. The van der Waals surface area contributed by atoms with Gasteiger partial charge in [-0.3, -0.25) is 0 Å². The van der Waals surface area contributed by atoms with Gasteiger partial charge < -0.3 is 0 Å². The summed E-state index contributed by atoms with van der Waals surface area (Å²) in [5.74, 6) is 0. The van der Waals surface area contributed by atoms with E-state index in [4.69, 9.17) is 0 Å². The molecule has 0 spiro atoms. The van der Waals surface area contributed by atoms with Crippen LogP contribution in [0.4, 0.5) is 0 Å². The molecule has 1 aliphatic rings. The van der Waals surface area contributed by atoms with Crippen LogP contribution in [0.2, 0.25) is 0 Å². The zero-order chi connectivity index (χ0) is 6.69. The Kier molecular flexibility index (Phi) is 2.29. The molecular formula is C8H9Br. The maximum Gasteiger partial charge on any atom is 0.0141 e. The first-order chi connectivity index (χ1) is 4.29. The van der Waals surface area contributed by atoms with Crippen molar-refractivity contribution < 1.29 is 0 Å². The minimum atomic E-state index is 1.04. The number of allylic oxidation sites excluding steroid dienone is 6. The summed E-state index contributed by atoms with van der Waals surface area (Å²) in [7, 11) is 0. The summed E-state index contributed by atoms with van der Waals surface area (Å²) >= 11 is 3.42. The first-order valence-electron chi connectivity index (χ1n) is 2.99. The van der Waals surface area contributed by atoms with E-state index in [1.807, 2.05) is 0 Å². The predicted octanol–water partition coefficient (Wildman–Crippen LogP) is 3.17. The molecule has 0 aromatic carbocycles. The van der Waals surface area contributed by atoms with Crippen molar-refractivity contribution in [2.45, 2.75) is 13.3 Å². The molecule has 0 heterocycles. The SMILES string of the molecule is CC1=CC(Br)=CCC=C1. The zero-order valence-corrected chi connectivity index (χ0v) is 6.98. The topological polar surface area (TPSA) is 0 Å². The van der Waals surface area contributed by atoms with Gasteiger partial charge in [0.2, 0.25) is 0 Å². The molecule has 0 N–H and O–H groups in total. The lowest BCUT2D eigenvalue weighted by Gasteiger charge is -1.86. The third kappa shape index (κ3) is 2.19. The van der Waals surface area contributed by atoms with Gasteiger partial charge in [0.25, 0.3) is 0 Å². The van der Waals surface area contributed by atoms with Gasteiger partial charge in [0.05, 0.1) is 0 Å². The Hall–Kier alpha value is -0.300. The van der Waals surface area contributed by atoms with Crippen molar-refractivity contribution in [3.63, 3.8) is 0 Å². The summed E-state index contributed by atoms with van der Waals surface area (Å²) in [6.07, 6.45) is 9.58. The largest absolute Gasteiger partial charge is 0.0804 e. The van der Waals surface area contributed by atoms with Gasteiger partial charge >= 0.3 is 0 Å². The molecule has 0 saturated carbocycles. The normalized spacial score (nSPS) is 18.4. The molecule has 1 rings (SSSR count). The van der Waals surface area contributed by atoms with E-state index < -0.39 is 0 Å². The molecule has 1 aliphatic carbocycles. The van der Waals surface area contributed by atoms with Crippen LogP contribution < -0.4 is 0 Å². The van der Waals surface area contributed by atoms with Crippen LogP contribution in [0.25, 0.3) is 0 Å². The molecule has 0 aromatic heterocycles. The van der Waals surface area contributed by atoms with Crippen LogP contribution in [0.1, 0.15) is 13.3 Å². The van der Waals surface area contributed by atoms with E-state index in [1.54, 1.807) is 0 Å². The molecule has 0 fully saturated rings. The lowest BCUT2D eigenvalue weighted by Crippen LogP contribution is -1.63. The summed E-state index contributed by atoms with van der Waals surface area (Å²) in [6.45, 7) is 2.09. The number of hydrogen-bond donors (Lipinski definition) is 0. The summed E-state index contributed by atoms with van der Waals surface area (Å²) in [5.41, 5.74) is 1.30. The molecule has 0 unspecified atom stereocenters. The molecule has 1 heteroatoms. The van der Waals surface area contributed by atoms with Gasteiger partial charge in [-0.15, -0.1) is 0 Å². The highest BCUT2D eigenvalue weighted by Gasteiger charge is 1.89. The van der Waals surface area contributed by atoms with Crippen LogP contribution in [0.3, 0.4) is 0 Å². The molecule has 0 amide bonds. The molecule has 0 saturated heterocycles. The van der Waals surface area contributed by atoms with Crippen molar-refractivity contribution in [3.05, 3.63) is 34.4 Å². The molecule has 0 aromatic rings. The average molecular weight is 185 g/mol. The Labute approximate surface area is 64.1 Å². The van der Waals surface area contributed by atoms with Crippen molar-refractivity contribution in [3.8, 4) is 0 Å². The highest BCUT2D eigenvalue weighted by atomic mass is 79.9. The molecule has 0 radical (unpaired) electrons. The van der Waals surface area contributed by atoms with Gasteiger partial charge in [-0.2, -0.15) is 0 Å². The van der Waals surface area contributed by atoms with Gasteiger partial charge in [-0.05, 0) is 19.4 Å². The highest BCUT2D eigenvalue weighted by Crippen LogP contribution is 2.14. The lowest BCUT2D eigenvalue weighted by molar-refractivity contribution is 1.39. The van der Waals surface area contributed by atoms with E-state index in [9.17, 15) is 0 Å². The molecule has 0 nitrogen and oxygen atoms in total. The quantitative estimate of drug-likeness (QED) is 0.543. The molecule has 0 atom stereocenters. The number of hydrogen-bond acceptors (Lipinski definition) is 0. The van der Waals surface area contributed by atoms with Crippen molar-refractivity contribution >= 4 is 15.9 Å². The maximum atomic E-state index is 3.42. The van der Waals surface area contributed by atoms with Crippen LogP contribution in [-0.4, -0.2) is 0 Å². The average Bonchev–Trinajstić information content (AvgIpc) is 1.93. The smallest absolute Gasteiger partial charge is 0.0141 e. The van der Waals surface area contributed by atoms with Gasteiger partial charge in [0.15, 0.2) is 0 Å². The fourth-order valence-electron chi connectivity index (χ4n) is 0.759. The van der Waals surface area contributed by atoms with Gasteiger partial charge in [-0.1, -0.05) is 39.7 Å². The standard InChI is InChI=1S/C8H9Br/c1-7-4-2-3-5-8(9)6-7/h2,4-6H,3H2,1H3. The Bertz CT molecular complexity index is 185. The van der Waals surface area contributed by atoms with E-state index in [0.29, 0.717) is 0 Å². The number of rotatable bonds is 0. The molecule has 0 aliphatic heterocycles. The summed E-state index contributed by atoms with van der Waals surface area (Å²) in [4.78, 5) is 0. The second-order valence-corrected chi connectivity index (χ2v) is 3.03. The van der Waals surface area contributed by atoms with Crippen molar-refractivity contribution in [1.29, 1.82) is 0 Å². The predicted molar refractivity (Wildman–Crippen MR) is 44.5 cm³/mol. The second-order valence-electron chi connectivity index (χ2n) is 2.12. The fourth-order valence-corrected chi connectivity index (χ4v) is 1.31. The van der Waals surface area contributed by atoms with Crippen molar-refractivity contribution in [2.75, 3.05) is 0 Å². The Morgan fingerprint density at radius 2 is 2.33 bits per heavy atom. The first kappa shape index (κ1) is 6.81. The Morgan fingerprint density at radius 3 is 3.11 bits per heavy atom. The van der Waals surface area contributed by atoms with Crippen molar-refractivity contribution in [2.24, 2.45) is 0 Å². The maximum absolute atomic E-state index is 3.42. The van der Waals surface area contributed by atoms with E-state index in [1.165, 1.54) is 10.1 Å². The third-order valence-corrected chi connectivity index (χ3v) is 1.75. The van der Waals surface area contributed by atoms with E-state index in [0.717, 1.165) is 6.42 Å². The molecular weight excluding hydrogens is 176 g/mol. The number of halogens is 1. The van der Waals surface area contributed by atoms with Crippen LogP contribution in [0, 0.1) is 0 Å². The van der Waals surface area contributed by atoms with E-state index in [2.05, 4.69) is 47.2 Å². The molecule has 9 heavy (non-hydrogen) atoms. The van der Waals surface area contributed by atoms with Crippen LogP contribution in [0.5, 0.6) is 0 Å². The van der Waals surface area contributed by atoms with Crippen LogP contribution >= 0.6 is 15.9 Å². The molecule has 48 valence electrons. The summed E-state index contributed by atoms with van der Waals surface area (Å²) < 4.78 is 1.19. The van der Waals surface area contributed by atoms with Crippen molar-refractivity contribution in [1.82, 2.24) is 0 Å². The van der Waals surface area contributed by atoms with Crippen LogP contribution in [0.15, 0.2) is 34.4 Å². The van der Waals surface area contributed by atoms with Crippen LogP contribution in [-0.2, 0) is 0 Å². The third-order valence-electron chi connectivity index (χ3n) is 1.20. The first-order valence-corrected chi connectivity index (χ1v) is 3.79.